The van der Waals surface area contributed by atoms with E-state index in [0.29, 0.717) is 20.8 Å². The van der Waals surface area contributed by atoms with Gasteiger partial charge in [-0.1, -0.05) is 53.2 Å². The molecule has 5 rings (SSSR count). The van der Waals surface area contributed by atoms with Crippen LogP contribution in [0.4, 0.5) is 0 Å². The number of thioether (sulfide) groups is 1. The van der Waals surface area contributed by atoms with E-state index in [-0.39, 0.29) is 18.5 Å². The van der Waals surface area contributed by atoms with Gasteiger partial charge in [0.2, 0.25) is 0 Å². The Hall–Kier alpha value is -1.73. The quantitative estimate of drug-likeness (QED) is 0.724. The van der Waals surface area contributed by atoms with Gasteiger partial charge < -0.3 is 15.1 Å². The molecule has 2 aromatic carbocycles. The van der Waals surface area contributed by atoms with E-state index in [1.165, 1.54) is 17.3 Å². The molecule has 29 heavy (non-hydrogen) atoms. The molecule has 1 saturated heterocycles. The minimum Gasteiger partial charge on any atom is -0.481 e. The molecular formula is C21H18Cl2N2O3S. The molecule has 2 N–H and O–H groups in total. The van der Waals surface area contributed by atoms with Gasteiger partial charge in [0, 0.05) is 15.6 Å². The van der Waals surface area contributed by atoms with Gasteiger partial charge in [0.15, 0.2) is 10.9 Å². The van der Waals surface area contributed by atoms with Crippen molar-refractivity contribution in [3.05, 3.63) is 69.2 Å². The average molecular weight is 449 g/mol. The fraction of sp³-hybridized carbons (Fsp3) is 0.333. The van der Waals surface area contributed by atoms with Crippen molar-refractivity contribution < 1.29 is 15.0 Å². The lowest BCUT2D eigenvalue weighted by atomic mass is 9.82. The Balaban J connectivity index is 1.60. The van der Waals surface area contributed by atoms with Crippen LogP contribution in [0, 0.1) is 0 Å². The lowest BCUT2D eigenvalue weighted by Crippen LogP contribution is -2.53. The van der Waals surface area contributed by atoms with E-state index >= 15 is 0 Å². The summed E-state index contributed by atoms with van der Waals surface area (Å²) in [6, 6.07) is 12.7. The molecule has 150 valence electrons. The summed E-state index contributed by atoms with van der Waals surface area (Å²) in [7, 11) is 0. The summed E-state index contributed by atoms with van der Waals surface area (Å²) in [6.07, 6.45) is 1.48. The second-order valence-electron chi connectivity index (χ2n) is 7.61. The van der Waals surface area contributed by atoms with Crippen molar-refractivity contribution in [2.45, 2.75) is 42.3 Å². The largest absolute Gasteiger partial charge is 0.481 e. The zero-order valence-electron chi connectivity index (χ0n) is 15.3. The lowest BCUT2D eigenvalue weighted by molar-refractivity contribution is -0.141. The normalized spacial score (nSPS) is 29.8. The second kappa shape index (κ2) is 6.91. The SMILES string of the molecule is O=C(O)C[C@@H]1SC2=NC3c4ccc(Cl)cc4CCC3N2[C@@]1(O)c1ccc(Cl)cc1. The van der Waals surface area contributed by atoms with Crippen LogP contribution in [-0.4, -0.2) is 37.5 Å². The van der Waals surface area contributed by atoms with Crippen molar-refractivity contribution in [1.82, 2.24) is 4.90 Å². The van der Waals surface area contributed by atoms with Crippen molar-refractivity contribution >= 4 is 46.1 Å². The maximum Gasteiger partial charge on any atom is 0.304 e. The Morgan fingerprint density at radius 1 is 1.21 bits per heavy atom. The summed E-state index contributed by atoms with van der Waals surface area (Å²) < 4.78 is 0. The first-order valence-corrected chi connectivity index (χ1v) is 11.0. The van der Waals surface area contributed by atoms with Crippen LogP contribution in [0.25, 0.3) is 0 Å². The molecule has 0 aromatic heterocycles. The smallest absolute Gasteiger partial charge is 0.304 e. The highest BCUT2D eigenvalue weighted by atomic mass is 35.5. The van der Waals surface area contributed by atoms with Crippen LogP contribution >= 0.6 is 35.0 Å². The number of aliphatic hydroxyl groups is 1. The molecule has 2 unspecified atom stereocenters. The zero-order chi connectivity index (χ0) is 20.3. The van der Waals surface area contributed by atoms with E-state index in [1.807, 2.05) is 23.1 Å². The highest BCUT2D eigenvalue weighted by Crippen LogP contribution is 2.55. The lowest BCUT2D eigenvalue weighted by Gasteiger charge is -2.42. The fourth-order valence-electron chi connectivity index (χ4n) is 4.71. The summed E-state index contributed by atoms with van der Waals surface area (Å²) in [5.41, 5.74) is 1.48. The van der Waals surface area contributed by atoms with Crippen LogP contribution in [0.2, 0.25) is 10.0 Å². The van der Waals surface area contributed by atoms with Gasteiger partial charge in [-0.25, -0.2) is 0 Å². The van der Waals surface area contributed by atoms with E-state index in [0.717, 1.165) is 18.4 Å². The van der Waals surface area contributed by atoms with Crippen molar-refractivity contribution in [3.8, 4) is 0 Å². The van der Waals surface area contributed by atoms with Crippen LogP contribution in [0.15, 0.2) is 47.5 Å². The van der Waals surface area contributed by atoms with Crippen LogP contribution in [0.1, 0.15) is 35.6 Å². The molecular weight excluding hydrogens is 431 g/mol. The van der Waals surface area contributed by atoms with Gasteiger partial charge in [0.1, 0.15) is 0 Å². The van der Waals surface area contributed by atoms with E-state index in [9.17, 15) is 15.0 Å². The predicted molar refractivity (Wildman–Crippen MR) is 115 cm³/mol. The van der Waals surface area contributed by atoms with Crippen molar-refractivity contribution in [2.75, 3.05) is 0 Å². The molecule has 0 bridgehead atoms. The van der Waals surface area contributed by atoms with Gasteiger partial charge in [-0.3, -0.25) is 9.79 Å². The Kier molecular flexibility index (Phi) is 4.59. The minimum absolute atomic E-state index is 0.0364. The maximum absolute atomic E-state index is 12.0. The monoisotopic (exact) mass is 448 g/mol. The number of benzene rings is 2. The third-order valence-electron chi connectivity index (χ3n) is 5.98. The fourth-order valence-corrected chi connectivity index (χ4v) is 6.49. The maximum atomic E-state index is 12.0. The number of carboxylic acids is 1. The molecule has 2 aromatic rings. The number of nitrogens with zero attached hydrogens (tertiary/aromatic N) is 2. The van der Waals surface area contributed by atoms with Crippen LogP contribution in [0.5, 0.6) is 0 Å². The first kappa shape index (κ1) is 19.2. The zero-order valence-corrected chi connectivity index (χ0v) is 17.6. The molecule has 1 aliphatic carbocycles. The van der Waals surface area contributed by atoms with E-state index in [1.54, 1.807) is 24.3 Å². The third-order valence-corrected chi connectivity index (χ3v) is 7.76. The number of amidine groups is 1. The number of aliphatic imine (C=N–C) groups is 1. The molecule has 2 heterocycles. The Morgan fingerprint density at radius 3 is 2.66 bits per heavy atom. The van der Waals surface area contributed by atoms with E-state index in [2.05, 4.69) is 0 Å². The number of carbonyl (C=O) groups is 1. The molecule has 0 amide bonds. The number of halogens is 2. The molecule has 1 fully saturated rings. The molecule has 2 aliphatic heterocycles. The number of hydrogen-bond acceptors (Lipinski definition) is 5. The van der Waals surface area contributed by atoms with Crippen molar-refractivity contribution in [3.63, 3.8) is 0 Å². The highest BCUT2D eigenvalue weighted by molar-refractivity contribution is 8.14. The number of carboxylic acid groups (broad SMARTS) is 1. The Labute approximate surface area is 182 Å². The van der Waals surface area contributed by atoms with E-state index < -0.39 is 16.9 Å². The molecule has 4 atom stereocenters. The molecule has 3 aliphatic rings. The van der Waals surface area contributed by atoms with Gasteiger partial charge in [-0.15, -0.1) is 0 Å². The van der Waals surface area contributed by atoms with Crippen molar-refractivity contribution in [1.29, 1.82) is 0 Å². The summed E-state index contributed by atoms with van der Waals surface area (Å²) in [4.78, 5) is 18.4. The van der Waals surface area contributed by atoms with Gasteiger partial charge in [0.25, 0.3) is 0 Å². The molecule has 0 saturated carbocycles. The minimum atomic E-state index is -1.46. The van der Waals surface area contributed by atoms with Crippen LogP contribution in [0.3, 0.4) is 0 Å². The molecule has 0 spiro atoms. The van der Waals surface area contributed by atoms with Gasteiger partial charge in [0.05, 0.1) is 23.8 Å². The van der Waals surface area contributed by atoms with Crippen molar-refractivity contribution in [2.24, 2.45) is 4.99 Å². The predicted octanol–water partition coefficient (Wildman–Crippen LogP) is 4.46. The summed E-state index contributed by atoms with van der Waals surface area (Å²) >= 11 is 13.6. The third kappa shape index (κ3) is 2.96. The van der Waals surface area contributed by atoms with Gasteiger partial charge >= 0.3 is 5.97 Å². The summed E-state index contributed by atoms with van der Waals surface area (Å²) in [5.74, 6) is -0.947. The van der Waals surface area contributed by atoms with Crippen LogP contribution < -0.4 is 0 Å². The number of aryl methyl sites for hydroxylation is 1. The Morgan fingerprint density at radius 2 is 1.93 bits per heavy atom. The number of aliphatic carboxylic acids is 1. The topological polar surface area (TPSA) is 73.1 Å². The first-order valence-electron chi connectivity index (χ1n) is 9.40. The van der Waals surface area contributed by atoms with E-state index in [4.69, 9.17) is 28.2 Å². The standard InChI is InChI=1S/C21H18Cl2N2O3S/c22-13-4-2-12(3-5-13)21(28)17(10-18(26)27)29-20-24-19-15-7-6-14(23)9-11(15)1-8-16(19)25(20)21/h2-7,9,16-17,19,28H,1,8,10H2,(H,26,27)/t16?,17-,19?,21+/m0/s1. The Bertz CT molecular complexity index is 1030. The summed E-state index contributed by atoms with van der Waals surface area (Å²) in [5, 5.41) is 22.8. The van der Waals surface area contributed by atoms with Crippen LogP contribution in [-0.2, 0) is 16.9 Å². The molecule has 5 nitrogen and oxygen atoms in total. The first-order chi connectivity index (χ1) is 13.9. The van der Waals surface area contributed by atoms with Gasteiger partial charge in [-0.05, 0) is 48.2 Å². The number of rotatable bonds is 3. The molecule has 0 radical (unpaired) electrons. The number of fused-ring (bicyclic) bond motifs is 5. The molecule has 8 heteroatoms. The summed E-state index contributed by atoms with van der Waals surface area (Å²) in [6.45, 7) is 0. The average Bonchev–Trinajstić information content (AvgIpc) is 3.17. The highest BCUT2D eigenvalue weighted by Gasteiger charge is 2.59. The second-order valence-corrected chi connectivity index (χ2v) is 9.66. The van der Waals surface area contributed by atoms with Gasteiger partial charge in [-0.2, -0.15) is 0 Å². The number of hydrogen-bond donors (Lipinski definition) is 2.